The van der Waals surface area contributed by atoms with Gasteiger partial charge in [-0.2, -0.15) is 0 Å². The van der Waals surface area contributed by atoms with E-state index in [0.717, 1.165) is 15.8 Å². The van der Waals surface area contributed by atoms with E-state index >= 15 is 0 Å². The molecular formula is C16H15Br2NO2. The fourth-order valence-electron chi connectivity index (χ4n) is 2.02. The van der Waals surface area contributed by atoms with Crippen LogP contribution in [0, 0.1) is 6.92 Å². The normalized spacial score (nSPS) is 10.5. The molecule has 2 aromatic rings. The molecule has 0 heterocycles. The molecular weight excluding hydrogens is 398 g/mol. The smallest absolute Gasteiger partial charge is 0.194 e. The third-order valence-corrected chi connectivity index (χ3v) is 4.27. The highest BCUT2D eigenvalue weighted by molar-refractivity contribution is 9.10. The van der Waals surface area contributed by atoms with Crippen molar-refractivity contribution in [2.24, 2.45) is 0 Å². The van der Waals surface area contributed by atoms with Crippen molar-refractivity contribution in [3.05, 3.63) is 56.0 Å². The Kier molecular flexibility index (Phi) is 5.06. The van der Waals surface area contributed by atoms with Crippen LogP contribution in [0.25, 0.3) is 0 Å². The van der Waals surface area contributed by atoms with Crippen molar-refractivity contribution in [3.8, 4) is 5.75 Å². The number of rotatable bonds is 4. The van der Waals surface area contributed by atoms with Gasteiger partial charge in [0, 0.05) is 25.8 Å². The summed E-state index contributed by atoms with van der Waals surface area (Å²) in [6.45, 7) is 4.35. The highest BCUT2D eigenvalue weighted by atomic mass is 79.9. The van der Waals surface area contributed by atoms with Crippen LogP contribution in [0.15, 0.2) is 39.3 Å². The van der Waals surface area contributed by atoms with E-state index in [0.29, 0.717) is 27.9 Å². The van der Waals surface area contributed by atoms with Gasteiger partial charge in [-0.05, 0) is 65.7 Å². The van der Waals surface area contributed by atoms with Crippen LogP contribution >= 0.6 is 31.9 Å². The molecule has 0 unspecified atom stereocenters. The van der Waals surface area contributed by atoms with Crippen molar-refractivity contribution < 1.29 is 9.53 Å². The molecule has 0 radical (unpaired) electrons. The number of ketones is 1. The van der Waals surface area contributed by atoms with Gasteiger partial charge in [0.15, 0.2) is 5.78 Å². The molecule has 0 spiro atoms. The molecule has 0 aliphatic carbocycles. The molecule has 21 heavy (non-hydrogen) atoms. The van der Waals surface area contributed by atoms with E-state index in [1.54, 1.807) is 30.3 Å². The van der Waals surface area contributed by atoms with Gasteiger partial charge in [0.05, 0.1) is 6.61 Å². The average molecular weight is 413 g/mol. The number of anilines is 1. The number of halogens is 2. The van der Waals surface area contributed by atoms with Crippen LogP contribution in [0.4, 0.5) is 5.69 Å². The second-order valence-corrected chi connectivity index (χ2v) is 6.34. The predicted octanol–water partition coefficient (Wildman–Crippen LogP) is 4.73. The first-order chi connectivity index (χ1) is 9.93. The molecule has 0 bridgehead atoms. The van der Waals surface area contributed by atoms with Crippen molar-refractivity contribution in [2.45, 2.75) is 13.8 Å². The van der Waals surface area contributed by atoms with Gasteiger partial charge in [0.1, 0.15) is 5.75 Å². The zero-order chi connectivity index (χ0) is 15.6. The average Bonchev–Trinajstić information content (AvgIpc) is 2.42. The zero-order valence-electron chi connectivity index (χ0n) is 11.7. The number of carbonyl (C=O) groups excluding carboxylic acids is 1. The molecule has 0 fully saturated rings. The third kappa shape index (κ3) is 3.47. The van der Waals surface area contributed by atoms with E-state index in [1.807, 2.05) is 13.8 Å². The fraction of sp³-hybridized carbons (Fsp3) is 0.188. The number of benzene rings is 2. The maximum absolute atomic E-state index is 12.7. The van der Waals surface area contributed by atoms with Gasteiger partial charge in [0.2, 0.25) is 0 Å². The molecule has 0 amide bonds. The van der Waals surface area contributed by atoms with Crippen LogP contribution in [0.2, 0.25) is 0 Å². The summed E-state index contributed by atoms with van der Waals surface area (Å²) in [6, 6.07) is 8.93. The Labute approximate surface area is 140 Å². The van der Waals surface area contributed by atoms with Crippen molar-refractivity contribution in [2.75, 3.05) is 12.3 Å². The van der Waals surface area contributed by atoms with Crippen molar-refractivity contribution in [1.82, 2.24) is 0 Å². The maximum Gasteiger partial charge on any atom is 0.194 e. The molecule has 0 aliphatic rings. The van der Waals surface area contributed by atoms with Gasteiger partial charge in [-0.15, -0.1) is 0 Å². The number of ether oxygens (including phenoxy) is 1. The summed E-state index contributed by atoms with van der Waals surface area (Å²) in [5.41, 5.74) is 8.47. The van der Waals surface area contributed by atoms with Crippen LogP contribution in [-0.4, -0.2) is 12.4 Å². The Morgan fingerprint density at radius 2 is 1.90 bits per heavy atom. The summed E-state index contributed by atoms with van der Waals surface area (Å²) in [6.07, 6.45) is 0. The molecule has 0 aliphatic heterocycles. The lowest BCUT2D eigenvalue weighted by Crippen LogP contribution is -2.07. The standard InChI is InChI=1S/C16H15Br2NO2/c1-3-21-11-4-5-12(14(18)8-11)16(20)13-6-10(17)7-15(19)9(13)2/h4-8H,3,19H2,1-2H3. The van der Waals surface area contributed by atoms with Gasteiger partial charge >= 0.3 is 0 Å². The first-order valence-corrected chi connectivity index (χ1v) is 8.05. The molecule has 0 atom stereocenters. The summed E-state index contributed by atoms with van der Waals surface area (Å²) in [5.74, 6) is 0.654. The highest BCUT2D eigenvalue weighted by Crippen LogP contribution is 2.29. The summed E-state index contributed by atoms with van der Waals surface area (Å²) >= 11 is 6.81. The summed E-state index contributed by atoms with van der Waals surface area (Å²) < 4.78 is 6.91. The topological polar surface area (TPSA) is 52.3 Å². The molecule has 5 heteroatoms. The lowest BCUT2D eigenvalue weighted by Gasteiger charge is -2.11. The van der Waals surface area contributed by atoms with Crippen molar-refractivity contribution >= 4 is 43.3 Å². The Balaban J connectivity index is 2.45. The Bertz CT molecular complexity index is 699. The van der Waals surface area contributed by atoms with Crippen LogP contribution in [0.5, 0.6) is 5.75 Å². The van der Waals surface area contributed by atoms with Crippen LogP contribution in [0.3, 0.4) is 0 Å². The summed E-state index contributed by atoms with van der Waals surface area (Å²) in [7, 11) is 0. The molecule has 2 aromatic carbocycles. The highest BCUT2D eigenvalue weighted by Gasteiger charge is 2.17. The Morgan fingerprint density at radius 1 is 1.19 bits per heavy atom. The second kappa shape index (κ2) is 6.62. The minimum absolute atomic E-state index is 0.0737. The maximum atomic E-state index is 12.7. The minimum Gasteiger partial charge on any atom is -0.494 e. The number of hydrogen-bond donors (Lipinski definition) is 1. The molecule has 0 saturated heterocycles. The fourth-order valence-corrected chi connectivity index (χ4v) is 3.03. The van der Waals surface area contributed by atoms with Gasteiger partial charge in [0.25, 0.3) is 0 Å². The lowest BCUT2D eigenvalue weighted by atomic mass is 9.98. The first-order valence-electron chi connectivity index (χ1n) is 6.46. The van der Waals surface area contributed by atoms with Crippen LogP contribution in [0.1, 0.15) is 28.4 Å². The quantitative estimate of drug-likeness (QED) is 0.583. The van der Waals surface area contributed by atoms with Gasteiger partial charge < -0.3 is 10.5 Å². The third-order valence-electron chi connectivity index (χ3n) is 3.15. The molecule has 0 saturated carbocycles. The second-order valence-electron chi connectivity index (χ2n) is 4.57. The zero-order valence-corrected chi connectivity index (χ0v) is 14.9. The molecule has 3 nitrogen and oxygen atoms in total. The predicted molar refractivity (Wildman–Crippen MR) is 92.0 cm³/mol. The lowest BCUT2D eigenvalue weighted by molar-refractivity contribution is 0.103. The first kappa shape index (κ1) is 16.0. The van der Waals surface area contributed by atoms with Gasteiger partial charge in [-0.1, -0.05) is 15.9 Å². The van der Waals surface area contributed by atoms with Crippen molar-refractivity contribution in [1.29, 1.82) is 0 Å². The van der Waals surface area contributed by atoms with E-state index in [4.69, 9.17) is 10.5 Å². The molecule has 110 valence electrons. The van der Waals surface area contributed by atoms with E-state index in [2.05, 4.69) is 31.9 Å². The number of nitrogen functional groups attached to an aromatic ring is 1. The monoisotopic (exact) mass is 411 g/mol. The van der Waals surface area contributed by atoms with E-state index < -0.39 is 0 Å². The number of carbonyl (C=O) groups is 1. The molecule has 2 N–H and O–H groups in total. The molecule has 2 rings (SSSR count). The molecule has 0 aromatic heterocycles. The van der Waals surface area contributed by atoms with Gasteiger partial charge in [-0.25, -0.2) is 0 Å². The largest absolute Gasteiger partial charge is 0.494 e. The van der Waals surface area contributed by atoms with E-state index in [9.17, 15) is 4.79 Å². The Hall–Kier alpha value is -1.33. The van der Waals surface area contributed by atoms with Crippen molar-refractivity contribution in [3.63, 3.8) is 0 Å². The van der Waals surface area contributed by atoms with E-state index in [-0.39, 0.29) is 5.78 Å². The SMILES string of the molecule is CCOc1ccc(C(=O)c2cc(Br)cc(N)c2C)c(Br)c1. The Morgan fingerprint density at radius 3 is 2.52 bits per heavy atom. The number of hydrogen-bond acceptors (Lipinski definition) is 3. The van der Waals surface area contributed by atoms with Crippen LogP contribution in [-0.2, 0) is 0 Å². The number of nitrogens with two attached hydrogens (primary N) is 1. The minimum atomic E-state index is -0.0737. The van der Waals surface area contributed by atoms with E-state index in [1.165, 1.54) is 0 Å². The van der Waals surface area contributed by atoms with Crippen LogP contribution < -0.4 is 10.5 Å². The summed E-state index contributed by atoms with van der Waals surface area (Å²) in [4.78, 5) is 12.7. The van der Waals surface area contributed by atoms with Gasteiger partial charge in [-0.3, -0.25) is 4.79 Å². The summed E-state index contributed by atoms with van der Waals surface area (Å²) in [5, 5.41) is 0.